The number of hydrogen-bond donors (Lipinski definition) is 0. The molecule has 9 heteroatoms. The first-order valence-electron chi connectivity index (χ1n) is 10.6. The van der Waals surface area contributed by atoms with Gasteiger partial charge in [-0.3, -0.25) is 9.59 Å². The van der Waals surface area contributed by atoms with Crippen LogP contribution in [0.2, 0.25) is 0 Å². The minimum Gasteiger partial charge on any atom is -0.492 e. The van der Waals surface area contributed by atoms with E-state index in [-0.39, 0.29) is 48.6 Å². The average molecular weight is 458 g/mol. The van der Waals surface area contributed by atoms with E-state index in [2.05, 4.69) is 0 Å². The van der Waals surface area contributed by atoms with E-state index in [1.54, 1.807) is 29.2 Å². The van der Waals surface area contributed by atoms with Crippen LogP contribution in [0.15, 0.2) is 36.4 Å². The van der Waals surface area contributed by atoms with Crippen LogP contribution in [0.4, 0.5) is 13.2 Å². The van der Waals surface area contributed by atoms with Crippen LogP contribution in [0.5, 0.6) is 11.5 Å². The molecular weight excluding hydrogens is 437 g/mol. The van der Waals surface area contributed by atoms with Gasteiger partial charge in [0.05, 0.1) is 17.7 Å². The number of likely N-dealkylation sites (tertiary alicyclic amines) is 1. The molecule has 1 saturated heterocycles. The molecule has 0 bridgehead atoms. The van der Waals surface area contributed by atoms with Crippen molar-refractivity contribution < 1.29 is 32.2 Å². The largest absolute Gasteiger partial charge is 0.492 e. The molecule has 0 aliphatic carbocycles. The summed E-state index contributed by atoms with van der Waals surface area (Å²) in [5, 5.41) is 9.17. The zero-order chi connectivity index (χ0) is 23.6. The smallest absolute Gasteiger partial charge is 0.416 e. The minimum absolute atomic E-state index is 0.0273. The Kier molecular flexibility index (Phi) is 6.27. The number of carbonyl (C=O) groups excluding carboxylic acids is 2. The SMILES string of the molecule is N#Cc1cc(C(F)(F)F)ccc1OCC1CCN(C(=O)c2ccc3c(c2)CC(=O)CO3)CC1. The Hall–Kier alpha value is -3.54. The molecule has 0 atom stereocenters. The van der Waals surface area contributed by atoms with Gasteiger partial charge in [-0.05, 0) is 55.2 Å². The lowest BCUT2D eigenvalue weighted by atomic mass is 9.96. The zero-order valence-corrected chi connectivity index (χ0v) is 17.7. The lowest BCUT2D eigenvalue weighted by Gasteiger charge is -2.32. The molecule has 33 heavy (non-hydrogen) atoms. The molecule has 2 aromatic rings. The summed E-state index contributed by atoms with van der Waals surface area (Å²) in [7, 11) is 0. The van der Waals surface area contributed by atoms with Crippen LogP contribution in [0.3, 0.4) is 0 Å². The molecule has 2 heterocycles. The molecule has 0 aromatic heterocycles. The first-order chi connectivity index (χ1) is 15.7. The molecule has 1 amide bonds. The normalized spacial score (nSPS) is 16.5. The van der Waals surface area contributed by atoms with Gasteiger partial charge in [-0.25, -0.2) is 0 Å². The third-order valence-electron chi connectivity index (χ3n) is 5.89. The summed E-state index contributed by atoms with van der Waals surface area (Å²) in [4.78, 5) is 26.2. The van der Waals surface area contributed by atoms with E-state index in [9.17, 15) is 28.0 Å². The fourth-order valence-corrected chi connectivity index (χ4v) is 4.03. The molecule has 0 unspecified atom stereocenters. The molecule has 2 aliphatic heterocycles. The quantitative estimate of drug-likeness (QED) is 0.692. The Bertz CT molecular complexity index is 1120. The summed E-state index contributed by atoms with van der Waals surface area (Å²) in [6.07, 6.45) is -2.93. The van der Waals surface area contributed by atoms with Crippen molar-refractivity contribution in [3.8, 4) is 17.6 Å². The Morgan fingerprint density at radius 1 is 1.18 bits per heavy atom. The fourth-order valence-electron chi connectivity index (χ4n) is 4.03. The Morgan fingerprint density at radius 2 is 1.94 bits per heavy atom. The first-order valence-corrected chi connectivity index (χ1v) is 10.6. The number of fused-ring (bicyclic) bond motifs is 1. The second kappa shape index (κ2) is 9.14. The van der Waals surface area contributed by atoms with E-state index < -0.39 is 11.7 Å². The van der Waals surface area contributed by atoms with Gasteiger partial charge in [0, 0.05) is 30.6 Å². The molecular formula is C24H21F3N2O4. The van der Waals surface area contributed by atoms with Crippen molar-refractivity contribution in [2.24, 2.45) is 5.92 Å². The predicted octanol–water partition coefficient (Wildman–Crippen LogP) is 4.01. The second-order valence-electron chi connectivity index (χ2n) is 8.19. The van der Waals surface area contributed by atoms with Crippen LogP contribution < -0.4 is 9.47 Å². The monoisotopic (exact) mass is 458 g/mol. The van der Waals surface area contributed by atoms with Gasteiger partial charge in [0.1, 0.15) is 24.2 Å². The van der Waals surface area contributed by atoms with Crippen LogP contribution in [0.25, 0.3) is 0 Å². The van der Waals surface area contributed by atoms with Crippen LogP contribution in [-0.2, 0) is 17.4 Å². The number of hydrogen-bond acceptors (Lipinski definition) is 5. The van der Waals surface area contributed by atoms with Gasteiger partial charge in [0.25, 0.3) is 5.91 Å². The van der Waals surface area contributed by atoms with Gasteiger partial charge in [-0.15, -0.1) is 0 Å². The maximum atomic E-state index is 12.9. The van der Waals surface area contributed by atoms with Gasteiger partial charge >= 0.3 is 6.18 Å². The van der Waals surface area contributed by atoms with Crippen molar-refractivity contribution in [2.75, 3.05) is 26.3 Å². The second-order valence-corrected chi connectivity index (χ2v) is 8.19. The highest BCUT2D eigenvalue weighted by molar-refractivity contribution is 5.95. The van der Waals surface area contributed by atoms with Crippen LogP contribution >= 0.6 is 0 Å². The van der Waals surface area contributed by atoms with Gasteiger partial charge in [0.2, 0.25) is 0 Å². The number of ketones is 1. The van der Waals surface area contributed by atoms with E-state index in [1.165, 1.54) is 6.07 Å². The van der Waals surface area contributed by atoms with Crippen molar-refractivity contribution in [1.29, 1.82) is 5.26 Å². The molecule has 172 valence electrons. The van der Waals surface area contributed by atoms with E-state index in [4.69, 9.17) is 9.47 Å². The van der Waals surface area contributed by atoms with Crippen molar-refractivity contribution >= 4 is 11.7 Å². The topological polar surface area (TPSA) is 79.6 Å². The Morgan fingerprint density at radius 3 is 2.64 bits per heavy atom. The first kappa shape index (κ1) is 22.6. The van der Waals surface area contributed by atoms with Crippen LogP contribution in [0, 0.1) is 17.2 Å². The number of ether oxygens (including phenoxy) is 2. The summed E-state index contributed by atoms with van der Waals surface area (Å²) >= 11 is 0. The molecule has 0 spiro atoms. The van der Waals surface area contributed by atoms with Crippen molar-refractivity contribution in [3.05, 3.63) is 58.7 Å². The number of alkyl halides is 3. The maximum absolute atomic E-state index is 12.9. The average Bonchev–Trinajstić information content (AvgIpc) is 2.81. The number of nitrogens with zero attached hydrogens (tertiary/aromatic N) is 2. The third kappa shape index (κ3) is 5.11. The molecule has 2 aromatic carbocycles. The summed E-state index contributed by atoms with van der Waals surface area (Å²) < 4.78 is 49.5. The molecule has 4 rings (SSSR count). The maximum Gasteiger partial charge on any atom is 0.416 e. The predicted molar refractivity (Wildman–Crippen MR) is 111 cm³/mol. The lowest BCUT2D eigenvalue weighted by molar-refractivity contribution is -0.137. The molecule has 0 saturated carbocycles. The number of rotatable bonds is 4. The summed E-state index contributed by atoms with van der Waals surface area (Å²) in [5.74, 6) is 0.708. The van der Waals surface area contributed by atoms with Gasteiger partial charge in [-0.1, -0.05) is 0 Å². The van der Waals surface area contributed by atoms with E-state index in [0.29, 0.717) is 42.8 Å². The van der Waals surface area contributed by atoms with Gasteiger partial charge in [-0.2, -0.15) is 18.4 Å². The standard InChI is InChI=1S/C24H21F3N2O4/c25-24(26,27)19-2-4-22(18(10-19)12-28)32-13-15-5-7-29(8-6-15)23(31)16-1-3-21-17(9-16)11-20(30)14-33-21/h1-4,9-10,15H,5-8,11,13-14H2. The van der Waals surface area contributed by atoms with E-state index in [1.807, 2.05) is 0 Å². The molecule has 1 fully saturated rings. The summed E-state index contributed by atoms with van der Waals surface area (Å²) in [5.41, 5.74) is 0.166. The van der Waals surface area contributed by atoms with Crippen LogP contribution in [0.1, 0.15) is 39.9 Å². The van der Waals surface area contributed by atoms with Crippen LogP contribution in [-0.4, -0.2) is 42.9 Å². The zero-order valence-electron chi connectivity index (χ0n) is 17.7. The Labute approximate surface area is 188 Å². The number of amides is 1. The van der Waals surface area contributed by atoms with Crippen molar-refractivity contribution in [2.45, 2.75) is 25.4 Å². The summed E-state index contributed by atoms with van der Waals surface area (Å²) in [6.45, 7) is 1.33. The number of piperidine rings is 1. The number of halogens is 3. The highest BCUT2D eigenvalue weighted by Crippen LogP contribution is 2.33. The fraction of sp³-hybridized carbons (Fsp3) is 0.375. The van der Waals surface area contributed by atoms with E-state index in [0.717, 1.165) is 12.1 Å². The Balaban J connectivity index is 1.32. The number of benzene rings is 2. The molecule has 6 nitrogen and oxygen atoms in total. The van der Waals surface area contributed by atoms with Crippen molar-refractivity contribution in [1.82, 2.24) is 4.90 Å². The minimum atomic E-state index is -4.52. The van der Waals surface area contributed by atoms with E-state index >= 15 is 0 Å². The van der Waals surface area contributed by atoms with Gasteiger partial charge < -0.3 is 14.4 Å². The molecule has 2 aliphatic rings. The lowest BCUT2D eigenvalue weighted by Crippen LogP contribution is -2.39. The highest BCUT2D eigenvalue weighted by atomic mass is 19.4. The third-order valence-corrected chi connectivity index (χ3v) is 5.89. The molecule has 0 N–H and O–H groups in total. The number of nitriles is 1. The van der Waals surface area contributed by atoms with Crippen molar-refractivity contribution in [3.63, 3.8) is 0 Å². The summed E-state index contributed by atoms with van der Waals surface area (Å²) in [6, 6.07) is 9.72. The highest BCUT2D eigenvalue weighted by Gasteiger charge is 2.31. The van der Waals surface area contributed by atoms with Gasteiger partial charge in [0.15, 0.2) is 5.78 Å². The number of Topliss-reactive ketones (excluding diaryl/α,β-unsaturated/α-hetero) is 1. The number of carbonyl (C=O) groups is 2. The molecule has 0 radical (unpaired) electrons.